The summed E-state index contributed by atoms with van der Waals surface area (Å²) >= 11 is 0. The van der Waals surface area contributed by atoms with Crippen molar-refractivity contribution in [2.75, 3.05) is 19.6 Å². The van der Waals surface area contributed by atoms with Crippen LogP contribution >= 0.6 is 0 Å². The molecule has 2 heterocycles. The number of rotatable bonds is 2. The van der Waals surface area contributed by atoms with Crippen LogP contribution in [0.4, 0.5) is 9.59 Å². The van der Waals surface area contributed by atoms with Gasteiger partial charge in [-0.1, -0.05) is 0 Å². The van der Waals surface area contributed by atoms with Gasteiger partial charge in [-0.15, -0.1) is 0 Å². The van der Waals surface area contributed by atoms with Crippen molar-refractivity contribution in [2.45, 2.75) is 83.4 Å². The fourth-order valence-corrected chi connectivity index (χ4v) is 4.52. The van der Waals surface area contributed by atoms with Gasteiger partial charge in [0.1, 0.15) is 5.60 Å². The van der Waals surface area contributed by atoms with Gasteiger partial charge in [0.05, 0.1) is 11.0 Å². The fourth-order valence-electron chi connectivity index (χ4n) is 4.52. The first-order chi connectivity index (χ1) is 12.9. The number of amides is 3. The van der Waals surface area contributed by atoms with Crippen molar-refractivity contribution in [1.29, 1.82) is 0 Å². The van der Waals surface area contributed by atoms with Crippen molar-refractivity contribution >= 4 is 18.1 Å². The first kappa shape index (κ1) is 20.7. The number of hydrogen-bond acceptors (Lipinski definition) is 4. The van der Waals surface area contributed by atoms with Crippen molar-refractivity contribution in [1.82, 2.24) is 15.1 Å². The van der Waals surface area contributed by atoms with E-state index in [1.807, 2.05) is 25.7 Å². The number of carboxylic acids is 1. The normalized spacial score (nSPS) is 30.3. The number of carbonyl (C=O) groups excluding carboxylic acids is 2. The molecule has 0 aromatic rings. The number of carboxylic acid groups (broad SMARTS) is 1. The molecule has 8 nitrogen and oxygen atoms in total. The summed E-state index contributed by atoms with van der Waals surface area (Å²) in [4.78, 5) is 40.0. The van der Waals surface area contributed by atoms with E-state index in [9.17, 15) is 19.5 Å². The molecule has 2 aliphatic heterocycles. The zero-order valence-electron chi connectivity index (χ0n) is 17.4. The number of urea groups is 1. The molecule has 1 aliphatic carbocycles. The van der Waals surface area contributed by atoms with Crippen LogP contribution in [0.15, 0.2) is 0 Å². The molecule has 8 heteroatoms. The third-order valence-electron chi connectivity index (χ3n) is 6.49. The highest BCUT2D eigenvalue weighted by atomic mass is 16.6. The molecule has 158 valence electrons. The van der Waals surface area contributed by atoms with Gasteiger partial charge in [0, 0.05) is 25.7 Å². The number of piperidine rings is 1. The molecule has 3 rings (SSSR count). The van der Waals surface area contributed by atoms with Crippen LogP contribution in [0.3, 0.4) is 0 Å². The topological polar surface area (TPSA) is 99.2 Å². The lowest BCUT2D eigenvalue weighted by Gasteiger charge is -2.40. The Morgan fingerprint density at radius 1 is 1.14 bits per heavy atom. The highest BCUT2D eigenvalue weighted by molar-refractivity contribution is 5.79. The lowest BCUT2D eigenvalue weighted by molar-refractivity contribution is -0.150. The highest BCUT2D eigenvalue weighted by Gasteiger charge is 2.49. The Morgan fingerprint density at radius 3 is 2.21 bits per heavy atom. The highest BCUT2D eigenvalue weighted by Crippen LogP contribution is 2.40. The molecular weight excluding hydrogens is 362 g/mol. The summed E-state index contributed by atoms with van der Waals surface area (Å²) in [5.41, 5.74) is -1.50. The molecule has 2 saturated heterocycles. The monoisotopic (exact) mass is 395 g/mol. The van der Waals surface area contributed by atoms with Gasteiger partial charge in [-0.05, 0) is 66.2 Å². The summed E-state index contributed by atoms with van der Waals surface area (Å²) < 4.78 is 5.45. The van der Waals surface area contributed by atoms with Crippen LogP contribution in [-0.2, 0) is 9.53 Å². The number of likely N-dealkylation sites (tertiary alicyclic amines) is 1. The van der Waals surface area contributed by atoms with Crippen molar-refractivity contribution < 1.29 is 24.2 Å². The minimum absolute atomic E-state index is 0.0605. The lowest BCUT2D eigenvalue weighted by atomic mass is 9.73. The summed E-state index contributed by atoms with van der Waals surface area (Å²) in [6, 6.07) is 0.0327. The van der Waals surface area contributed by atoms with Crippen LogP contribution in [-0.4, -0.2) is 69.8 Å². The second-order valence-electron chi connectivity index (χ2n) is 9.90. The standard InChI is InChI=1S/C20H33N3O5/c1-18(2,3)28-17(27)22-11-9-20(10-12-22)13-23(16(26)21-20)14-5-7-19(4,8-6-14)15(24)25/h14H,5-13H2,1-4H3,(H,21,26)(H,24,25). The molecule has 0 atom stereocenters. The maximum atomic E-state index is 12.6. The fraction of sp³-hybridized carbons (Fsp3) is 0.850. The number of hydrogen-bond donors (Lipinski definition) is 2. The third-order valence-corrected chi connectivity index (χ3v) is 6.49. The number of ether oxygens (including phenoxy) is 1. The summed E-state index contributed by atoms with van der Waals surface area (Å²) in [7, 11) is 0. The summed E-state index contributed by atoms with van der Waals surface area (Å²) in [6.07, 6.45) is 3.73. The summed E-state index contributed by atoms with van der Waals surface area (Å²) in [6.45, 7) is 9.10. The van der Waals surface area contributed by atoms with Crippen molar-refractivity contribution in [3.05, 3.63) is 0 Å². The van der Waals surface area contributed by atoms with E-state index in [1.165, 1.54) is 0 Å². The molecule has 0 radical (unpaired) electrons. The summed E-state index contributed by atoms with van der Waals surface area (Å²) in [5.74, 6) is -0.747. The Bertz CT molecular complexity index is 641. The maximum Gasteiger partial charge on any atom is 0.410 e. The van der Waals surface area contributed by atoms with Crippen molar-refractivity contribution in [3.8, 4) is 0 Å². The molecule has 0 bridgehead atoms. The number of nitrogens with one attached hydrogen (secondary N) is 1. The minimum atomic E-state index is -0.747. The van der Waals surface area contributed by atoms with Crippen LogP contribution in [0, 0.1) is 5.41 Å². The predicted octanol–water partition coefficient (Wildman–Crippen LogP) is 2.81. The number of nitrogens with zero attached hydrogens (tertiary/aromatic N) is 2. The van der Waals surface area contributed by atoms with E-state index in [0.29, 0.717) is 45.3 Å². The van der Waals surface area contributed by atoms with Crippen LogP contribution in [0.1, 0.15) is 66.2 Å². The maximum absolute atomic E-state index is 12.6. The van der Waals surface area contributed by atoms with Gasteiger partial charge < -0.3 is 25.0 Å². The van der Waals surface area contributed by atoms with Crippen molar-refractivity contribution in [3.63, 3.8) is 0 Å². The second kappa shape index (κ2) is 7.12. The Balaban J connectivity index is 1.55. The third kappa shape index (κ3) is 4.20. The molecular formula is C20H33N3O5. The first-order valence-corrected chi connectivity index (χ1v) is 10.2. The molecule has 0 unspecified atom stereocenters. The largest absolute Gasteiger partial charge is 0.481 e. The smallest absolute Gasteiger partial charge is 0.410 e. The van der Waals surface area contributed by atoms with E-state index >= 15 is 0 Å². The molecule has 1 saturated carbocycles. The van der Waals surface area contributed by atoms with Gasteiger partial charge in [0.2, 0.25) is 0 Å². The SMILES string of the molecule is CC(C)(C)OC(=O)N1CCC2(CC1)CN(C1CCC(C)(C(=O)O)CC1)C(=O)N2. The van der Waals surface area contributed by atoms with E-state index < -0.39 is 17.0 Å². The minimum Gasteiger partial charge on any atom is -0.481 e. The van der Waals surface area contributed by atoms with Gasteiger partial charge in [-0.3, -0.25) is 4.79 Å². The molecule has 3 fully saturated rings. The molecule has 2 N–H and O–H groups in total. The average Bonchev–Trinajstić information content (AvgIpc) is 2.90. The molecule has 3 amide bonds. The quantitative estimate of drug-likeness (QED) is 0.749. The second-order valence-corrected chi connectivity index (χ2v) is 9.90. The van der Waals surface area contributed by atoms with Crippen LogP contribution in [0.25, 0.3) is 0 Å². The van der Waals surface area contributed by atoms with Gasteiger partial charge >= 0.3 is 18.1 Å². The van der Waals surface area contributed by atoms with Gasteiger partial charge in [-0.25, -0.2) is 9.59 Å². The van der Waals surface area contributed by atoms with Crippen LogP contribution in [0.5, 0.6) is 0 Å². The molecule has 0 aromatic heterocycles. The Kier molecular flexibility index (Phi) is 5.27. The van der Waals surface area contributed by atoms with E-state index in [2.05, 4.69) is 5.32 Å². The molecule has 0 aromatic carbocycles. The number of aliphatic carboxylic acids is 1. The number of carbonyl (C=O) groups is 3. The van der Waals surface area contributed by atoms with E-state index in [1.54, 1.807) is 11.8 Å². The van der Waals surface area contributed by atoms with Crippen LogP contribution in [0.2, 0.25) is 0 Å². The molecule has 1 spiro atoms. The molecule has 3 aliphatic rings. The van der Waals surface area contributed by atoms with Crippen molar-refractivity contribution in [2.24, 2.45) is 5.41 Å². The van der Waals surface area contributed by atoms with E-state index in [-0.39, 0.29) is 23.7 Å². The predicted molar refractivity (Wildman–Crippen MR) is 103 cm³/mol. The van der Waals surface area contributed by atoms with Gasteiger partial charge in [0.15, 0.2) is 0 Å². The Morgan fingerprint density at radius 2 is 1.71 bits per heavy atom. The zero-order chi connectivity index (χ0) is 20.7. The van der Waals surface area contributed by atoms with Gasteiger partial charge in [0.25, 0.3) is 0 Å². The van der Waals surface area contributed by atoms with E-state index in [4.69, 9.17) is 4.74 Å². The summed E-state index contributed by atoms with van der Waals surface area (Å²) in [5, 5.41) is 12.6. The zero-order valence-corrected chi connectivity index (χ0v) is 17.4. The average molecular weight is 396 g/mol. The van der Waals surface area contributed by atoms with E-state index in [0.717, 1.165) is 12.8 Å². The Hall–Kier alpha value is -1.99. The first-order valence-electron chi connectivity index (χ1n) is 10.2. The van der Waals surface area contributed by atoms with Gasteiger partial charge in [-0.2, -0.15) is 0 Å². The van der Waals surface area contributed by atoms with Crippen LogP contribution < -0.4 is 5.32 Å². The Labute approximate surface area is 166 Å². The lowest BCUT2D eigenvalue weighted by Crippen LogP contribution is -2.54. The molecule has 28 heavy (non-hydrogen) atoms.